The molecule has 3 aromatic rings. The summed E-state index contributed by atoms with van der Waals surface area (Å²) in [5.74, 6) is 0.633. The Hall–Kier alpha value is -2.60. The lowest BCUT2D eigenvalue weighted by Gasteiger charge is -2.11. The molecule has 0 fully saturated rings. The highest BCUT2D eigenvalue weighted by Crippen LogP contribution is 2.24. The van der Waals surface area contributed by atoms with Crippen molar-refractivity contribution in [2.24, 2.45) is 0 Å². The first-order valence-corrected chi connectivity index (χ1v) is 8.53. The van der Waals surface area contributed by atoms with Crippen LogP contribution in [-0.4, -0.2) is 13.4 Å². The fraction of sp³-hybridized carbons (Fsp3) is 0.118. The molecule has 6 heteroatoms. The van der Waals surface area contributed by atoms with Gasteiger partial charge in [0.15, 0.2) is 12.2 Å². The van der Waals surface area contributed by atoms with Gasteiger partial charge >= 0.3 is 0 Å². The quantitative estimate of drug-likeness (QED) is 0.791. The SMILES string of the molecule is Cc1ccc(C)c(S(=O)(=O)Nc2ccc(-c3cnco3)cc2)c1. The fourth-order valence-electron chi connectivity index (χ4n) is 2.27. The third kappa shape index (κ3) is 3.27. The van der Waals surface area contributed by atoms with Gasteiger partial charge in [-0.05, 0) is 55.3 Å². The van der Waals surface area contributed by atoms with Crippen LogP contribution >= 0.6 is 0 Å². The second-order valence-electron chi connectivity index (χ2n) is 5.32. The number of aryl methyl sites for hydroxylation is 2. The van der Waals surface area contributed by atoms with Gasteiger partial charge in [-0.15, -0.1) is 0 Å². The minimum Gasteiger partial charge on any atom is -0.444 e. The predicted octanol–water partition coefficient (Wildman–Crippen LogP) is 3.76. The molecule has 0 unspecified atom stereocenters. The van der Waals surface area contributed by atoms with Gasteiger partial charge in [-0.2, -0.15) is 0 Å². The first kappa shape index (κ1) is 15.3. The summed E-state index contributed by atoms with van der Waals surface area (Å²) >= 11 is 0. The Morgan fingerprint density at radius 2 is 1.78 bits per heavy atom. The number of sulfonamides is 1. The molecule has 5 nitrogen and oxygen atoms in total. The smallest absolute Gasteiger partial charge is 0.262 e. The predicted molar refractivity (Wildman–Crippen MR) is 88.7 cm³/mol. The fourth-order valence-corrected chi connectivity index (χ4v) is 3.66. The summed E-state index contributed by atoms with van der Waals surface area (Å²) in [6.45, 7) is 3.64. The zero-order valence-electron chi connectivity index (χ0n) is 12.8. The average Bonchev–Trinajstić information content (AvgIpc) is 3.04. The number of anilines is 1. The molecule has 3 rings (SSSR count). The lowest BCUT2D eigenvalue weighted by Crippen LogP contribution is -2.14. The maximum absolute atomic E-state index is 12.5. The molecule has 2 aromatic carbocycles. The summed E-state index contributed by atoms with van der Waals surface area (Å²) in [7, 11) is -3.62. The number of hydrogen-bond acceptors (Lipinski definition) is 4. The minimum absolute atomic E-state index is 0.289. The van der Waals surface area contributed by atoms with Gasteiger partial charge in [0.25, 0.3) is 10.0 Å². The summed E-state index contributed by atoms with van der Waals surface area (Å²) in [5, 5.41) is 0. The van der Waals surface area contributed by atoms with Crippen molar-refractivity contribution < 1.29 is 12.8 Å². The van der Waals surface area contributed by atoms with Crippen LogP contribution < -0.4 is 4.72 Å². The van der Waals surface area contributed by atoms with E-state index in [9.17, 15) is 8.42 Å². The normalized spacial score (nSPS) is 11.4. The summed E-state index contributed by atoms with van der Waals surface area (Å²) in [4.78, 5) is 4.15. The minimum atomic E-state index is -3.62. The van der Waals surface area contributed by atoms with Gasteiger partial charge in [-0.1, -0.05) is 12.1 Å². The molecule has 0 amide bonds. The van der Waals surface area contributed by atoms with Crippen LogP contribution in [0.25, 0.3) is 11.3 Å². The lowest BCUT2D eigenvalue weighted by atomic mass is 10.2. The molecule has 0 spiro atoms. The molecule has 1 aromatic heterocycles. The van der Waals surface area contributed by atoms with Crippen LogP contribution in [0.3, 0.4) is 0 Å². The highest BCUT2D eigenvalue weighted by atomic mass is 32.2. The van der Waals surface area contributed by atoms with E-state index in [1.54, 1.807) is 49.5 Å². The zero-order chi connectivity index (χ0) is 16.4. The van der Waals surface area contributed by atoms with E-state index in [2.05, 4.69) is 9.71 Å². The third-order valence-electron chi connectivity index (χ3n) is 3.49. The van der Waals surface area contributed by atoms with Gasteiger partial charge < -0.3 is 4.42 Å². The molecule has 0 saturated heterocycles. The van der Waals surface area contributed by atoms with Crippen LogP contribution in [0.4, 0.5) is 5.69 Å². The van der Waals surface area contributed by atoms with Crippen LogP contribution in [0.5, 0.6) is 0 Å². The first-order valence-electron chi connectivity index (χ1n) is 7.05. The number of hydrogen-bond donors (Lipinski definition) is 1. The van der Waals surface area contributed by atoms with Gasteiger partial charge in [0, 0.05) is 11.3 Å². The average molecular weight is 328 g/mol. The zero-order valence-corrected chi connectivity index (χ0v) is 13.6. The van der Waals surface area contributed by atoms with Crippen molar-refractivity contribution >= 4 is 15.7 Å². The molecule has 1 heterocycles. The summed E-state index contributed by atoms with van der Waals surface area (Å²) in [6.07, 6.45) is 2.96. The van der Waals surface area contributed by atoms with Crippen LogP contribution in [0, 0.1) is 13.8 Å². The topological polar surface area (TPSA) is 72.2 Å². The maximum Gasteiger partial charge on any atom is 0.262 e. The molecule has 0 atom stereocenters. The lowest BCUT2D eigenvalue weighted by molar-refractivity contribution is 0.572. The van der Waals surface area contributed by atoms with Crippen molar-refractivity contribution in [3.8, 4) is 11.3 Å². The van der Waals surface area contributed by atoms with Crippen molar-refractivity contribution in [3.05, 3.63) is 66.2 Å². The van der Waals surface area contributed by atoms with Gasteiger partial charge in [0.2, 0.25) is 0 Å². The number of nitrogens with one attached hydrogen (secondary N) is 1. The van der Waals surface area contributed by atoms with E-state index in [1.807, 2.05) is 13.0 Å². The van der Waals surface area contributed by atoms with E-state index in [-0.39, 0.29) is 4.90 Å². The summed E-state index contributed by atoms with van der Waals surface area (Å²) < 4.78 is 32.9. The summed E-state index contributed by atoms with van der Waals surface area (Å²) in [6, 6.07) is 12.3. The van der Waals surface area contributed by atoms with Gasteiger partial charge in [0.05, 0.1) is 11.1 Å². The molecule has 0 saturated carbocycles. The largest absolute Gasteiger partial charge is 0.444 e. The van der Waals surface area contributed by atoms with Crippen molar-refractivity contribution in [2.75, 3.05) is 4.72 Å². The molecular formula is C17H16N2O3S. The standard InChI is InChI=1S/C17H16N2O3S/c1-12-3-4-13(2)17(9-12)23(20,21)19-15-7-5-14(6-8-15)16-10-18-11-22-16/h3-11,19H,1-2H3. The molecule has 0 bridgehead atoms. The van der Waals surface area contributed by atoms with E-state index in [4.69, 9.17) is 4.42 Å². The third-order valence-corrected chi connectivity index (χ3v) is 5.01. The van der Waals surface area contributed by atoms with Gasteiger partial charge in [-0.25, -0.2) is 13.4 Å². The molecule has 0 aliphatic heterocycles. The van der Waals surface area contributed by atoms with E-state index in [1.165, 1.54) is 6.39 Å². The van der Waals surface area contributed by atoms with Crippen LogP contribution in [-0.2, 0) is 10.0 Å². The number of oxazole rings is 1. The van der Waals surface area contributed by atoms with Crippen LogP contribution in [0.1, 0.15) is 11.1 Å². The van der Waals surface area contributed by atoms with E-state index in [0.29, 0.717) is 17.0 Å². The Morgan fingerprint density at radius 3 is 2.43 bits per heavy atom. The van der Waals surface area contributed by atoms with E-state index >= 15 is 0 Å². The number of rotatable bonds is 4. The molecule has 0 aliphatic rings. The number of nitrogens with zero attached hydrogens (tertiary/aromatic N) is 1. The highest BCUT2D eigenvalue weighted by molar-refractivity contribution is 7.92. The van der Waals surface area contributed by atoms with Crippen molar-refractivity contribution in [1.82, 2.24) is 4.98 Å². The van der Waals surface area contributed by atoms with Crippen molar-refractivity contribution in [3.63, 3.8) is 0 Å². The molecule has 1 N–H and O–H groups in total. The van der Waals surface area contributed by atoms with Gasteiger partial charge in [0.1, 0.15) is 0 Å². The molecule has 118 valence electrons. The molecule has 0 aliphatic carbocycles. The monoisotopic (exact) mass is 328 g/mol. The second-order valence-corrected chi connectivity index (χ2v) is 6.97. The second kappa shape index (κ2) is 5.89. The highest BCUT2D eigenvalue weighted by Gasteiger charge is 2.17. The Balaban J connectivity index is 1.87. The summed E-state index contributed by atoms with van der Waals surface area (Å²) in [5.41, 5.74) is 2.93. The van der Waals surface area contributed by atoms with Crippen LogP contribution in [0.2, 0.25) is 0 Å². The van der Waals surface area contributed by atoms with Crippen molar-refractivity contribution in [1.29, 1.82) is 0 Å². The first-order chi connectivity index (χ1) is 11.0. The van der Waals surface area contributed by atoms with Crippen molar-refractivity contribution in [2.45, 2.75) is 18.7 Å². The van der Waals surface area contributed by atoms with Crippen LogP contribution in [0.15, 0.2) is 64.4 Å². The molecule has 23 heavy (non-hydrogen) atoms. The Kier molecular flexibility index (Phi) is 3.92. The molecular weight excluding hydrogens is 312 g/mol. The number of aromatic nitrogens is 1. The van der Waals surface area contributed by atoms with Gasteiger partial charge in [-0.3, -0.25) is 4.72 Å². The maximum atomic E-state index is 12.5. The van der Waals surface area contributed by atoms with E-state index in [0.717, 1.165) is 11.1 Å². The Morgan fingerprint density at radius 1 is 1.04 bits per heavy atom. The Bertz CT molecular complexity index is 915. The molecule has 0 radical (unpaired) electrons. The number of benzene rings is 2. The van der Waals surface area contributed by atoms with E-state index < -0.39 is 10.0 Å². The Labute approximate surface area is 135 Å².